The van der Waals surface area contributed by atoms with Crippen LogP contribution in [0, 0.1) is 0 Å². The van der Waals surface area contributed by atoms with Crippen LogP contribution in [0.1, 0.15) is 19.3 Å². The Balaban J connectivity index is 2.06. The number of hydrogen-bond donors (Lipinski definition) is 1. The minimum absolute atomic E-state index is 0.0539. The van der Waals surface area contributed by atoms with E-state index in [0.29, 0.717) is 12.8 Å². The highest BCUT2D eigenvalue weighted by Crippen LogP contribution is 2.25. The van der Waals surface area contributed by atoms with Crippen molar-refractivity contribution in [1.29, 1.82) is 0 Å². The zero-order valence-corrected chi connectivity index (χ0v) is 12.4. The average molecular weight is 317 g/mol. The molecule has 2 aliphatic rings. The van der Waals surface area contributed by atoms with Crippen molar-refractivity contribution < 1.29 is 27.9 Å². The Hall–Kier alpha value is -1.41. The Morgan fingerprint density at radius 1 is 1.29 bits per heavy atom. The number of rotatable bonds is 5. The van der Waals surface area contributed by atoms with Crippen molar-refractivity contribution in [2.75, 3.05) is 18.1 Å². The van der Waals surface area contributed by atoms with Gasteiger partial charge in [-0.2, -0.15) is 0 Å². The normalized spacial score (nSPS) is 31.0. The molecular formula is C13H19NO6S. The summed E-state index contributed by atoms with van der Waals surface area (Å²) >= 11 is 0. The minimum atomic E-state index is -3.10. The number of carboxylic acids is 1. The standard InChI is InChI=1S/C13H19NO6S/c1-2-6-14(9-5-7-21(18,19)8-9)12(15)10-3-4-11(20-10)13(16)17/h2,9-11H,1,3-8H2,(H,16,17)/t9?,10-,11+/m0/s1. The van der Waals surface area contributed by atoms with E-state index in [4.69, 9.17) is 9.84 Å². The van der Waals surface area contributed by atoms with Crippen LogP contribution in [-0.2, 0) is 24.2 Å². The van der Waals surface area contributed by atoms with Gasteiger partial charge in [-0.1, -0.05) is 6.08 Å². The van der Waals surface area contributed by atoms with Crippen LogP contribution in [0.5, 0.6) is 0 Å². The second kappa shape index (κ2) is 6.15. The first-order valence-corrected chi connectivity index (χ1v) is 8.66. The third kappa shape index (κ3) is 3.62. The molecule has 1 amide bonds. The van der Waals surface area contributed by atoms with Crippen LogP contribution in [0.15, 0.2) is 12.7 Å². The van der Waals surface area contributed by atoms with Crippen LogP contribution in [0.2, 0.25) is 0 Å². The van der Waals surface area contributed by atoms with E-state index in [1.165, 1.54) is 11.0 Å². The van der Waals surface area contributed by atoms with Crippen LogP contribution in [-0.4, -0.2) is 66.6 Å². The van der Waals surface area contributed by atoms with E-state index in [9.17, 15) is 18.0 Å². The molecule has 0 radical (unpaired) electrons. The van der Waals surface area contributed by atoms with Gasteiger partial charge < -0.3 is 14.7 Å². The second-order valence-electron chi connectivity index (χ2n) is 5.37. The summed E-state index contributed by atoms with van der Waals surface area (Å²) in [4.78, 5) is 24.8. The molecule has 0 aromatic heterocycles. The third-order valence-corrected chi connectivity index (χ3v) is 5.58. The monoisotopic (exact) mass is 317 g/mol. The minimum Gasteiger partial charge on any atom is -0.479 e. The van der Waals surface area contributed by atoms with E-state index < -0.39 is 28.0 Å². The molecule has 118 valence electrons. The van der Waals surface area contributed by atoms with Crippen LogP contribution in [0.4, 0.5) is 0 Å². The number of nitrogens with zero attached hydrogens (tertiary/aromatic N) is 1. The molecule has 8 heteroatoms. The molecule has 2 rings (SSSR count). The number of carbonyl (C=O) groups is 2. The molecule has 21 heavy (non-hydrogen) atoms. The maximum absolute atomic E-state index is 12.5. The van der Waals surface area contributed by atoms with E-state index in [2.05, 4.69) is 6.58 Å². The largest absolute Gasteiger partial charge is 0.479 e. The van der Waals surface area contributed by atoms with Crippen molar-refractivity contribution >= 4 is 21.7 Å². The summed E-state index contributed by atoms with van der Waals surface area (Å²) in [6.45, 7) is 3.81. The fourth-order valence-corrected chi connectivity index (χ4v) is 4.50. The molecule has 3 atom stereocenters. The fraction of sp³-hybridized carbons (Fsp3) is 0.692. The number of carbonyl (C=O) groups excluding carboxylic acids is 1. The highest BCUT2D eigenvalue weighted by molar-refractivity contribution is 7.91. The first-order chi connectivity index (χ1) is 9.84. The Labute approximate surface area is 123 Å². The van der Waals surface area contributed by atoms with E-state index in [1.54, 1.807) is 0 Å². The topological polar surface area (TPSA) is 101 Å². The Bertz CT molecular complexity index is 543. The van der Waals surface area contributed by atoms with Crippen LogP contribution in [0.25, 0.3) is 0 Å². The van der Waals surface area contributed by atoms with Crippen molar-refractivity contribution in [2.45, 2.75) is 37.5 Å². The molecule has 1 N–H and O–H groups in total. The van der Waals surface area contributed by atoms with Crippen molar-refractivity contribution in [2.24, 2.45) is 0 Å². The molecule has 0 saturated carbocycles. The molecular weight excluding hydrogens is 298 g/mol. The zero-order valence-electron chi connectivity index (χ0n) is 11.6. The Kier molecular flexibility index (Phi) is 4.67. The molecule has 2 saturated heterocycles. The number of amides is 1. The summed E-state index contributed by atoms with van der Waals surface area (Å²) in [6.07, 6.45) is 0.786. The van der Waals surface area contributed by atoms with Crippen LogP contribution >= 0.6 is 0 Å². The lowest BCUT2D eigenvalue weighted by molar-refractivity contribution is -0.155. The number of aliphatic carboxylic acids is 1. The Morgan fingerprint density at radius 2 is 1.95 bits per heavy atom. The van der Waals surface area contributed by atoms with Gasteiger partial charge in [-0.05, 0) is 19.3 Å². The molecule has 7 nitrogen and oxygen atoms in total. The average Bonchev–Trinajstić information content (AvgIpc) is 3.01. The predicted octanol–water partition coefficient (Wildman–Crippen LogP) is -0.180. The summed E-state index contributed by atoms with van der Waals surface area (Å²) in [5, 5.41) is 8.89. The van der Waals surface area contributed by atoms with Crippen molar-refractivity contribution in [3.05, 3.63) is 12.7 Å². The van der Waals surface area contributed by atoms with Gasteiger partial charge in [0.25, 0.3) is 5.91 Å². The van der Waals surface area contributed by atoms with E-state index in [1.807, 2.05) is 0 Å². The first-order valence-electron chi connectivity index (χ1n) is 6.84. The second-order valence-corrected chi connectivity index (χ2v) is 7.59. The van der Waals surface area contributed by atoms with E-state index in [0.717, 1.165) is 0 Å². The summed E-state index contributed by atoms with van der Waals surface area (Å²) in [5.41, 5.74) is 0. The summed E-state index contributed by atoms with van der Waals surface area (Å²) in [5.74, 6) is -1.41. The number of carboxylic acid groups (broad SMARTS) is 1. The van der Waals surface area contributed by atoms with Gasteiger partial charge in [0.15, 0.2) is 15.9 Å². The van der Waals surface area contributed by atoms with Crippen LogP contribution < -0.4 is 0 Å². The van der Waals surface area contributed by atoms with Gasteiger partial charge in [-0.25, -0.2) is 13.2 Å². The van der Waals surface area contributed by atoms with Crippen molar-refractivity contribution in [1.82, 2.24) is 4.90 Å². The fourth-order valence-electron chi connectivity index (χ4n) is 2.76. The zero-order chi connectivity index (χ0) is 15.6. The molecule has 2 fully saturated rings. The SMILES string of the molecule is C=CCN(C(=O)[C@@H]1CC[C@H](C(=O)O)O1)C1CCS(=O)(=O)C1. The number of hydrogen-bond acceptors (Lipinski definition) is 5. The lowest BCUT2D eigenvalue weighted by atomic mass is 10.1. The lowest BCUT2D eigenvalue weighted by Crippen LogP contribution is -2.46. The highest BCUT2D eigenvalue weighted by atomic mass is 32.2. The molecule has 2 aliphatic heterocycles. The van der Waals surface area contributed by atoms with Gasteiger partial charge in [0.05, 0.1) is 11.5 Å². The van der Waals surface area contributed by atoms with Gasteiger partial charge >= 0.3 is 5.97 Å². The summed E-state index contributed by atoms with van der Waals surface area (Å²) in [7, 11) is -3.10. The summed E-state index contributed by atoms with van der Waals surface area (Å²) < 4.78 is 28.4. The number of sulfone groups is 1. The molecule has 2 heterocycles. The Morgan fingerprint density at radius 3 is 2.43 bits per heavy atom. The lowest BCUT2D eigenvalue weighted by Gasteiger charge is -2.29. The quantitative estimate of drug-likeness (QED) is 0.706. The first kappa shape index (κ1) is 16.0. The van der Waals surface area contributed by atoms with Crippen molar-refractivity contribution in [3.8, 4) is 0 Å². The van der Waals surface area contributed by atoms with Gasteiger partial charge in [-0.3, -0.25) is 4.79 Å². The molecule has 0 aliphatic carbocycles. The predicted molar refractivity (Wildman–Crippen MR) is 74.5 cm³/mol. The third-order valence-electron chi connectivity index (χ3n) is 3.83. The molecule has 0 spiro atoms. The van der Waals surface area contributed by atoms with Gasteiger partial charge in [0, 0.05) is 12.6 Å². The molecule has 0 aromatic carbocycles. The maximum atomic E-state index is 12.5. The van der Waals surface area contributed by atoms with Gasteiger partial charge in [0.1, 0.15) is 6.10 Å². The molecule has 1 unspecified atom stereocenters. The van der Waals surface area contributed by atoms with E-state index >= 15 is 0 Å². The van der Waals surface area contributed by atoms with Gasteiger partial charge in [0.2, 0.25) is 0 Å². The summed E-state index contributed by atoms with van der Waals surface area (Å²) in [6, 6.07) is -0.382. The molecule has 0 aromatic rings. The van der Waals surface area contributed by atoms with E-state index in [-0.39, 0.29) is 36.4 Å². The smallest absolute Gasteiger partial charge is 0.332 e. The highest BCUT2D eigenvalue weighted by Gasteiger charge is 2.40. The molecule has 0 bridgehead atoms. The number of ether oxygens (including phenoxy) is 1. The van der Waals surface area contributed by atoms with Gasteiger partial charge in [-0.15, -0.1) is 6.58 Å². The van der Waals surface area contributed by atoms with Crippen LogP contribution in [0.3, 0.4) is 0 Å². The van der Waals surface area contributed by atoms with Crippen molar-refractivity contribution in [3.63, 3.8) is 0 Å². The maximum Gasteiger partial charge on any atom is 0.332 e.